The van der Waals surface area contributed by atoms with Gasteiger partial charge in [0.15, 0.2) is 0 Å². The van der Waals surface area contributed by atoms with Crippen LogP contribution in [0.2, 0.25) is 0 Å². The van der Waals surface area contributed by atoms with Crippen LogP contribution in [0.3, 0.4) is 0 Å². The summed E-state index contributed by atoms with van der Waals surface area (Å²) in [7, 11) is 0. The molecule has 0 amide bonds. The van der Waals surface area contributed by atoms with Crippen molar-refractivity contribution in [1.29, 1.82) is 0 Å². The Morgan fingerprint density at radius 2 is 2.29 bits per heavy atom. The fourth-order valence-corrected chi connectivity index (χ4v) is 2.54. The molecule has 2 N–H and O–H groups in total. The highest BCUT2D eigenvalue weighted by atomic mass is 16.5. The summed E-state index contributed by atoms with van der Waals surface area (Å²) >= 11 is 0. The fourth-order valence-electron chi connectivity index (χ4n) is 2.54. The Morgan fingerprint density at radius 1 is 1.52 bits per heavy atom. The molecule has 0 aliphatic carbocycles. The molecule has 2 aromatic rings. The second kappa shape index (κ2) is 5.28. The molecule has 21 heavy (non-hydrogen) atoms. The van der Waals surface area contributed by atoms with E-state index in [9.17, 15) is 9.90 Å². The van der Waals surface area contributed by atoms with Crippen LogP contribution in [0.15, 0.2) is 12.4 Å². The van der Waals surface area contributed by atoms with Gasteiger partial charge in [-0.2, -0.15) is 14.6 Å². The van der Waals surface area contributed by atoms with E-state index in [1.165, 1.54) is 6.33 Å². The predicted octanol–water partition coefficient (Wildman–Crippen LogP) is 0.726. The van der Waals surface area contributed by atoms with Crippen LogP contribution >= 0.6 is 0 Å². The van der Waals surface area contributed by atoms with Gasteiger partial charge < -0.3 is 15.2 Å². The van der Waals surface area contributed by atoms with Gasteiger partial charge in [0.1, 0.15) is 12.1 Å². The highest BCUT2D eigenvalue weighted by Crippen LogP contribution is 2.31. The molecule has 1 fully saturated rings. The first kappa shape index (κ1) is 13.7. The molecule has 8 heteroatoms. The van der Waals surface area contributed by atoms with Crippen LogP contribution in [-0.2, 0) is 9.53 Å². The minimum atomic E-state index is -0.803. The van der Waals surface area contributed by atoms with E-state index in [-0.39, 0.29) is 0 Å². The number of hydrogen-bond donors (Lipinski definition) is 2. The summed E-state index contributed by atoms with van der Waals surface area (Å²) in [5.41, 5.74) is -0.00292. The fraction of sp³-hybridized carbons (Fsp3) is 0.538. The van der Waals surface area contributed by atoms with Gasteiger partial charge in [0.05, 0.1) is 5.41 Å². The summed E-state index contributed by atoms with van der Waals surface area (Å²) in [6.45, 7) is 3.13. The van der Waals surface area contributed by atoms with E-state index in [2.05, 4.69) is 20.4 Å². The number of hydrogen-bond acceptors (Lipinski definition) is 6. The maximum atomic E-state index is 11.6. The zero-order valence-corrected chi connectivity index (χ0v) is 11.7. The number of rotatable bonds is 4. The number of carboxylic acids is 1. The zero-order valence-electron chi connectivity index (χ0n) is 11.7. The summed E-state index contributed by atoms with van der Waals surface area (Å²) in [5.74, 6) is 0.398. The number of nitrogens with zero attached hydrogens (tertiary/aromatic N) is 4. The minimum absolute atomic E-state index is 0.324. The smallest absolute Gasteiger partial charge is 0.311 e. The van der Waals surface area contributed by atoms with Crippen molar-refractivity contribution in [2.75, 3.05) is 25.1 Å². The molecule has 1 aliphatic heterocycles. The van der Waals surface area contributed by atoms with Crippen molar-refractivity contribution in [3.8, 4) is 0 Å². The first-order chi connectivity index (χ1) is 10.1. The third-order valence-electron chi connectivity index (χ3n) is 3.89. The minimum Gasteiger partial charge on any atom is -0.481 e. The second-order valence-corrected chi connectivity index (χ2v) is 5.31. The lowest BCUT2D eigenvalue weighted by atomic mass is 9.80. The molecule has 0 atom stereocenters. The normalized spacial score (nSPS) is 17.8. The average Bonchev–Trinajstić information content (AvgIpc) is 2.93. The van der Waals surface area contributed by atoms with Crippen molar-refractivity contribution < 1.29 is 14.6 Å². The lowest BCUT2D eigenvalue weighted by Gasteiger charge is -2.33. The molecule has 1 aliphatic rings. The highest BCUT2D eigenvalue weighted by Gasteiger charge is 2.40. The van der Waals surface area contributed by atoms with Gasteiger partial charge in [0.25, 0.3) is 5.78 Å². The molecule has 3 heterocycles. The van der Waals surface area contributed by atoms with Crippen molar-refractivity contribution in [2.45, 2.75) is 19.8 Å². The quantitative estimate of drug-likeness (QED) is 0.856. The van der Waals surface area contributed by atoms with Crippen LogP contribution in [0.5, 0.6) is 0 Å². The van der Waals surface area contributed by atoms with E-state index in [1.807, 2.05) is 13.0 Å². The molecule has 112 valence electrons. The Morgan fingerprint density at radius 3 is 3.00 bits per heavy atom. The van der Waals surface area contributed by atoms with Crippen molar-refractivity contribution in [1.82, 2.24) is 19.6 Å². The van der Waals surface area contributed by atoms with Crippen LogP contribution in [0.1, 0.15) is 18.5 Å². The van der Waals surface area contributed by atoms with E-state index in [4.69, 9.17) is 4.74 Å². The van der Waals surface area contributed by atoms with Gasteiger partial charge in [-0.3, -0.25) is 4.79 Å². The van der Waals surface area contributed by atoms with E-state index < -0.39 is 11.4 Å². The van der Waals surface area contributed by atoms with Crippen molar-refractivity contribution in [2.24, 2.45) is 5.41 Å². The van der Waals surface area contributed by atoms with Crippen LogP contribution in [0.4, 0.5) is 5.82 Å². The predicted molar refractivity (Wildman–Crippen MR) is 74.1 cm³/mol. The first-order valence-corrected chi connectivity index (χ1v) is 6.83. The molecule has 0 saturated carbocycles. The van der Waals surface area contributed by atoms with E-state index >= 15 is 0 Å². The van der Waals surface area contributed by atoms with E-state index in [0.717, 1.165) is 5.69 Å². The molecule has 2 aromatic heterocycles. The Labute approximate surface area is 121 Å². The molecule has 0 spiro atoms. The molecule has 8 nitrogen and oxygen atoms in total. The Kier molecular flexibility index (Phi) is 3.46. The van der Waals surface area contributed by atoms with Crippen LogP contribution < -0.4 is 5.32 Å². The average molecular weight is 291 g/mol. The van der Waals surface area contributed by atoms with Crippen molar-refractivity contribution in [3.05, 3.63) is 18.1 Å². The number of ether oxygens (including phenoxy) is 1. The maximum absolute atomic E-state index is 11.6. The molecular weight excluding hydrogens is 274 g/mol. The number of aryl methyl sites for hydroxylation is 1. The largest absolute Gasteiger partial charge is 0.481 e. The van der Waals surface area contributed by atoms with Crippen LogP contribution in [0, 0.1) is 12.3 Å². The van der Waals surface area contributed by atoms with Gasteiger partial charge in [0, 0.05) is 31.5 Å². The van der Waals surface area contributed by atoms with Crippen molar-refractivity contribution in [3.63, 3.8) is 0 Å². The van der Waals surface area contributed by atoms with E-state index in [1.54, 1.807) is 4.52 Å². The van der Waals surface area contributed by atoms with Crippen LogP contribution in [0.25, 0.3) is 5.78 Å². The highest BCUT2D eigenvalue weighted by molar-refractivity contribution is 5.75. The molecule has 0 radical (unpaired) electrons. The second-order valence-electron chi connectivity index (χ2n) is 5.31. The number of aliphatic carboxylic acids is 1. The topological polar surface area (TPSA) is 102 Å². The Balaban J connectivity index is 1.84. The lowest BCUT2D eigenvalue weighted by Crippen LogP contribution is -2.42. The maximum Gasteiger partial charge on any atom is 0.311 e. The van der Waals surface area contributed by atoms with Gasteiger partial charge in [-0.25, -0.2) is 4.98 Å². The number of carbonyl (C=O) groups is 1. The molecule has 0 bridgehead atoms. The van der Waals surface area contributed by atoms with Gasteiger partial charge in [-0.15, -0.1) is 0 Å². The monoisotopic (exact) mass is 291 g/mol. The Bertz CT molecular complexity index is 663. The lowest BCUT2D eigenvalue weighted by molar-refractivity contribution is -0.153. The number of carboxylic acid groups (broad SMARTS) is 1. The Hall–Kier alpha value is -2.22. The SMILES string of the molecule is Cc1cc(NCC2(C(=O)O)CCOCC2)n2ncnc2n1. The first-order valence-electron chi connectivity index (χ1n) is 6.83. The summed E-state index contributed by atoms with van der Waals surface area (Å²) in [4.78, 5) is 19.9. The molecule has 0 unspecified atom stereocenters. The van der Waals surface area contributed by atoms with Crippen LogP contribution in [-0.4, -0.2) is 50.4 Å². The van der Waals surface area contributed by atoms with Gasteiger partial charge in [-0.1, -0.05) is 0 Å². The summed E-state index contributed by atoms with van der Waals surface area (Å²) < 4.78 is 6.85. The third kappa shape index (κ3) is 2.54. The number of nitrogens with one attached hydrogen (secondary N) is 1. The standard InChI is InChI=1S/C13H17N5O3/c1-9-6-10(18-12(17-9)15-8-16-18)14-7-13(11(19)20)2-4-21-5-3-13/h6,8,14H,2-5,7H2,1H3,(H,19,20). The van der Waals surface area contributed by atoms with E-state index in [0.29, 0.717) is 44.2 Å². The van der Waals surface area contributed by atoms with Gasteiger partial charge in [-0.05, 0) is 19.8 Å². The zero-order chi connectivity index (χ0) is 14.9. The molecule has 1 saturated heterocycles. The van der Waals surface area contributed by atoms with Crippen molar-refractivity contribution >= 4 is 17.6 Å². The number of aromatic nitrogens is 4. The number of anilines is 1. The van der Waals surface area contributed by atoms with Gasteiger partial charge in [0.2, 0.25) is 0 Å². The summed E-state index contributed by atoms with van der Waals surface area (Å²) in [5, 5.41) is 16.8. The summed E-state index contributed by atoms with van der Waals surface area (Å²) in [6, 6.07) is 1.83. The van der Waals surface area contributed by atoms with Gasteiger partial charge >= 0.3 is 5.97 Å². The number of fused-ring (bicyclic) bond motifs is 1. The summed E-state index contributed by atoms with van der Waals surface area (Å²) in [6.07, 6.45) is 2.42. The third-order valence-corrected chi connectivity index (χ3v) is 3.89. The molecule has 0 aromatic carbocycles. The molecule has 3 rings (SSSR count). The molecular formula is C13H17N5O3.